The van der Waals surface area contributed by atoms with Crippen LogP contribution in [-0.4, -0.2) is 9.97 Å². The van der Waals surface area contributed by atoms with E-state index < -0.39 is 0 Å². The quantitative estimate of drug-likeness (QED) is 0.655. The second kappa shape index (κ2) is 5.72. The second-order valence-corrected chi connectivity index (χ2v) is 6.46. The maximum Gasteiger partial charge on any atom is 0.0346 e. The zero-order chi connectivity index (χ0) is 15.6. The summed E-state index contributed by atoms with van der Waals surface area (Å²) in [4.78, 5) is 8.55. The SMILES string of the molecule is CC(C)(C)c1c(-c2cccnc2)cccc1-c1cccnc1. The molecule has 0 fully saturated rings. The second-order valence-electron chi connectivity index (χ2n) is 6.46. The lowest BCUT2D eigenvalue weighted by Crippen LogP contribution is -2.14. The third-order valence-electron chi connectivity index (χ3n) is 3.76. The summed E-state index contributed by atoms with van der Waals surface area (Å²) in [6.07, 6.45) is 7.48. The van der Waals surface area contributed by atoms with Crippen LogP contribution in [0.4, 0.5) is 0 Å². The molecular weight excluding hydrogens is 268 g/mol. The largest absolute Gasteiger partial charge is 0.264 e. The van der Waals surface area contributed by atoms with Crippen molar-refractivity contribution in [2.24, 2.45) is 0 Å². The molecule has 0 bridgehead atoms. The minimum Gasteiger partial charge on any atom is -0.264 e. The van der Waals surface area contributed by atoms with Crippen molar-refractivity contribution in [3.8, 4) is 22.3 Å². The van der Waals surface area contributed by atoms with Crippen LogP contribution in [-0.2, 0) is 5.41 Å². The van der Waals surface area contributed by atoms with E-state index in [4.69, 9.17) is 0 Å². The van der Waals surface area contributed by atoms with Crippen LogP contribution in [0.25, 0.3) is 22.3 Å². The Bertz CT molecular complexity index is 699. The number of hydrogen-bond donors (Lipinski definition) is 0. The summed E-state index contributed by atoms with van der Waals surface area (Å²) < 4.78 is 0. The summed E-state index contributed by atoms with van der Waals surface area (Å²) in [5.41, 5.74) is 6.13. The number of benzene rings is 1. The molecule has 2 aromatic heterocycles. The van der Waals surface area contributed by atoms with E-state index in [1.54, 1.807) is 0 Å². The lowest BCUT2D eigenvalue weighted by molar-refractivity contribution is 0.593. The fourth-order valence-corrected chi connectivity index (χ4v) is 2.89. The molecule has 0 aliphatic heterocycles. The molecule has 0 atom stereocenters. The zero-order valence-electron chi connectivity index (χ0n) is 13.2. The summed E-state index contributed by atoms with van der Waals surface area (Å²) in [5, 5.41) is 0. The number of aromatic nitrogens is 2. The Balaban J connectivity index is 2.29. The molecule has 0 aliphatic carbocycles. The maximum absolute atomic E-state index is 4.27. The van der Waals surface area contributed by atoms with Crippen molar-refractivity contribution in [2.75, 3.05) is 0 Å². The predicted molar refractivity (Wildman–Crippen MR) is 91.6 cm³/mol. The summed E-state index contributed by atoms with van der Waals surface area (Å²) in [7, 11) is 0. The van der Waals surface area contributed by atoms with Gasteiger partial charge >= 0.3 is 0 Å². The van der Waals surface area contributed by atoms with Crippen LogP contribution in [0.15, 0.2) is 67.3 Å². The van der Waals surface area contributed by atoms with Gasteiger partial charge in [-0.3, -0.25) is 9.97 Å². The third kappa shape index (κ3) is 2.77. The summed E-state index contributed by atoms with van der Waals surface area (Å²) in [6, 6.07) is 14.7. The highest BCUT2D eigenvalue weighted by molar-refractivity contribution is 5.79. The highest BCUT2D eigenvalue weighted by Crippen LogP contribution is 2.39. The Morgan fingerprint density at radius 3 is 1.55 bits per heavy atom. The van der Waals surface area contributed by atoms with Gasteiger partial charge in [-0.2, -0.15) is 0 Å². The number of pyridine rings is 2. The fraction of sp³-hybridized carbons (Fsp3) is 0.200. The molecule has 22 heavy (non-hydrogen) atoms. The first kappa shape index (κ1) is 14.5. The monoisotopic (exact) mass is 288 g/mol. The number of rotatable bonds is 2. The number of hydrogen-bond acceptors (Lipinski definition) is 2. The summed E-state index contributed by atoms with van der Waals surface area (Å²) >= 11 is 0. The van der Waals surface area contributed by atoms with Gasteiger partial charge in [0, 0.05) is 35.9 Å². The van der Waals surface area contributed by atoms with Gasteiger partial charge in [0.2, 0.25) is 0 Å². The Labute approximate surface area is 131 Å². The highest BCUT2D eigenvalue weighted by atomic mass is 14.6. The molecule has 0 unspecified atom stereocenters. The van der Waals surface area contributed by atoms with Gasteiger partial charge in [0.05, 0.1) is 0 Å². The van der Waals surface area contributed by atoms with E-state index >= 15 is 0 Å². The van der Waals surface area contributed by atoms with Crippen LogP contribution in [0.1, 0.15) is 26.3 Å². The molecule has 2 heteroatoms. The fourth-order valence-electron chi connectivity index (χ4n) is 2.89. The molecule has 0 N–H and O–H groups in total. The van der Waals surface area contributed by atoms with Gasteiger partial charge in [0.25, 0.3) is 0 Å². The van der Waals surface area contributed by atoms with Crippen LogP contribution >= 0.6 is 0 Å². The van der Waals surface area contributed by atoms with Crippen molar-refractivity contribution in [1.82, 2.24) is 9.97 Å². The van der Waals surface area contributed by atoms with E-state index in [1.165, 1.54) is 16.7 Å². The van der Waals surface area contributed by atoms with Crippen molar-refractivity contribution < 1.29 is 0 Å². The summed E-state index contributed by atoms with van der Waals surface area (Å²) in [5.74, 6) is 0. The van der Waals surface area contributed by atoms with E-state index in [-0.39, 0.29) is 5.41 Å². The molecule has 0 amide bonds. The van der Waals surface area contributed by atoms with Crippen LogP contribution < -0.4 is 0 Å². The van der Waals surface area contributed by atoms with Gasteiger partial charge < -0.3 is 0 Å². The van der Waals surface area contributed by atoms with Crippen LogP contribution in [0.3, 0.4) is 0 Å². The topological polar surface area (TPSA) is 25.8 Å². The van der Waals surface area contributed by atoms with Crippen molar-refractivity contribution in [1.29, 1.82) is 0 Å². The van der Waals surface area contributed by atoms with Crippen molar-refractivity contribution >= 4 is 0 Å². The minimum atomic E-state index is 0.0254. The van der Waals surface area contributed by atoms with Crippen molar-refractivity contribution in [2.45, 2.75) is 26.2 Å². The first-order valence-electron chi connectivity index (χ1n) is 7.51. The smallest absolute Gasteiger partial charge is 0.0346 e. The van der Waals surface area contributed by atoms with E-state index in [0.29, 0.717) is 0 Å². The first-order valence-corrected chi connectivity index (χ1v) is 7.51. The molecule has 3 rings (SSSR count). The maximum atomic E-state index is 4.27. The molecule has 2 heterocycles. The minimum absolute atomic E-state index is 0.0254. The van der Waals surface area contributed by atoms with Gasteiger partial charge in [-0.15, -0.1) is 0 Å². The average molecular weight is 288 g/mol. The van der Waals surface area contributed by atoms with Gasteiger partial charge in [-0.05, 0) is 34.2 Å². The van der Waals surface area contributed by atoms with Gasteiger partial charge in [0.1, 0.15) is 0 Å². The van der Waals surface area contributed by atoms with E-state index in [1.807, 2.05) is 36.9 Å². The molecule has 0 saturated carbocycles. The Kier molecular flexibility index (Phi) is 3.76. The van der Waals surface area contributed by atoms with Crippen LogP contribution in [0, 0.1) is 0 Å². The van der Waals surface area contributed by atoms with Crippen molar-refractivity contribution in [3.63, 3.8) is 0 Å². The molecular formula is C20H20N2. The molecule has 0 radical (unpaired) electrons. The molecule has 1 aromatic carbocycles. The Morgan fingerprint density at radius 1 is 0.682 bits per heavy atom. The van der Waals surface area contributed by atoms with Gasteiger partial charge in [-0.1, -0.05) is 51.1 Å². The first-order chi connectivity index (χ1) is 10.6. The molecule has 0 saturated heterocycles. The highest BCUT2D eigenvalue weighted by Gasteiger charge is 2.23. The van der Waals surface area contributed by atoms with Crippen molar-refractivity contribution in [3.05, 3.63) is 72.8 Å². The molecule has 110 valence electrons. The Hall–Kier alpha value is -2.48. The van der Waals surface area contributed by atoms with Crippen LogP contribution in [0.2, 0.25) is 0 Å². The van der Waals surface area contributed by atoms with E-state index in [9.17, 15) is 0 Å². The van der Waals surface area contributed by atoms with Crippen LogP contribution in [0.5, 0.6) is 0 Å². The molecule has 2 nitrogen and oxygen atoms in total. The summed E-state index contributed by atoms with van der Waals surface area (Å²) in [6.45, 7) is 6.76. The molecule has 3 aromatic rings. The third-order valence-corrected chi connectivity index (χ3v) is 3.76. The Morgan fingerprint density at radius 2 is 1.18 bits per heavy atom. The lowest BCUT2D eigenvalue weighted by atomic mass is 9.77. The van der Waals surface area contributed by atoms with E-state index in [0.717, 1.165) is 11.1 Å². The normalized spacial score (nSPS) is 11.4. The predicted octanol–water partition coefficient (Wildman–Crippen LogP) is 5.11. The van der Waals surface area contributed by atoms with Gasteiger partial charge in [-0.25, -0.2) is 0 Å². The van der Waals surface area contributed by atoms with Gasteiger partial charge in [0.15, 0.2) is 0 Å². The lowest BCUT2D eigenvalue weighted by Gasteiger charge is -2.26. The number of nitrogens with zero attached hydrogens (tertiary/aromatic N) is 2. The van der Waals surface area contributed by atoms with E-state index in [2.05, 4.69) is 61.1 Å². The standard InChI is InChI=1S/C20H20N2/c1-20(2,3)19-17(15-7-5-11-21-13-15)9-4-10-18(19)16-8-6-12-22-14-16/h4-14H,1-3H3. The molecule has 0 aliphatic rings. The average Bonchev–Trinajstić information content (AvgIpc) is 2.55. The molecule has 0 spiro atoms. The zero-order valence-corrected chi connectivity index (χ0v) is 13.2.